The number of carboxylic acid groups (broad SMARTS) is 1. The van der Waals surface area contributed by atoms with Crippen molar-refractivity contribution in [1.82, 2.24) is 5.32 Å². The van der Waals surface area contributed by atoms with Gasteiger partial charge in [-0.1, -0.05) is 19.4 Å². The van der Waals surface area contributed by atoms with E-state index in [9.17, 15) is 9.59 Å². The van der Waals surface area contributed by atoms with Crippen LogP contribution in [0.15, 0.2) is 24.3 Å². The first kappa shape index (κ1) is 15.0. The summed E-state index contributed by atoms with van der Waals surface area (Å²) in [4.78, 5) is 22.5. The predicted molar refractivity (Wildman–Crippen MR) is 71.4 cm³/mol. The van der Waals surface area contributed by atoms with Crippen LogP contribution in [0, 0.1) is 0 Å². The maximum absolute atomic E-state index is 11.8. The summed E-state index contributed by atoms with van der Waals surface area (Å²) in [5, 5.41) is 11.1. The second-order valence-corrected chi connectivity index (χ2v) is 4.26. The zero-order valence-corrected chi connectivity index (χ0v) is 11.2. The van der Waals surface area contributed by atoms with Gasteiger partial charge in [-0.15, -0.1) is 0 Å². The fourth-order valence-electron chi connectivity index (χ4n) is 1.40. The van der Waals surface area contributed by atoms with Crippen LogP contribution in [-0.2, 0) is 4.79 Å². The average molecular weight is 265 g/mol. The minimum atomic E-state index is -1.07. The Morgan fingerprint density at radius 2 is 2.16 bits per heavy atom. The Morgan fingerprint density at radius 1 is 1.42 bits per heavy atom. The molecule has 1 rings (SSSR count). The quantitative estimate of drug-likeness (QED) is 0.740. The third-order valence-electron chi connectivity index (χ3n) is 2.58. The van der Waals surface area contributed by atoms with E-state index < -0.39 is 17.9 Å². The van der Waals surface area contributed by atoms with Crippen molar-refractivity contribution >= 4 is 11.9 Å². The first-order valence-electron chi connectivity index (χ1n) is 6.31. The molecule has 5 heteroatoms. The molecule has 0 saturated carbocycles. The smallest absolute Gasteiger partial charge is 0.325 e. The number of ether oxygens (including phenoxy) is 1. The van der Waals surface area contributed by atoms with Gasteiger partial charge in [0.1, 0.15) is 11.8 Å². The molecule has 1 unspecified atom stereocenters. The maximum Gasteiger partial charge on any atom is 0.325 e. The number of hydrogen-bond donors (Lipinski definition) is 2. The van der Waals surface area contributed by atoms with Gasteiger partial charge in [0, 0.05) is 5.56 Å². The number of rotatable bonds is 7. The molecule has 104 valence electrons. The number of nitrogens with one attached hydrogen (secondary N) is 1. The first-order valence-corrected chi connectivity index (χ1v) is 6.31. The molecule has 0 aliphatic heterocycles. The minimum Gasteiger partial charge on any atom is -0.494 e. The number of unbranched alkanes of at least 4 members (excludes halogenated alkanes) is 1. The van der Waals surface area contributed by atoms with E-state index in [1.807, 2.05) is 0 Å². The third kappa shape index (κ3) is 4.99. The van der Waals surface area contributed by atoms with Gasteiger partial charge in [0.15, 0.2) is 0 Å². The van der Waals surface area contributed by atoms with Crippen molar-refractivity contribution in [1.29, 1.82) is 0 Å². The van der Waals surface area contributed by atoms with Gasteiger partial charge in [-0.05, 0) is 31.5 Å². The largest absolute Gasteiger partial charge is 0.494 e. The molecule has 5 nitrogen and oxygen atoms in total. The van der Waals surface area contributed by atoms with Crippen molar-refractivity contribution in [2.75, 3.05) is 6.61 Å². The normalized spacial score (nSPS) is 11.7. The lowest BCUT2D eigenvalue weighted by molar-refractivity contribution is -0.138. The molecule has 19 heavy (non-hydrogen) atoms. The summed E-state index contributed by atoms with van der Waals surface area (Å²) >= 11 is 0. The fourth-order valence-corrected chi connectivity index (χ4v) is 1.40. The Hall–Kier alpha value is -2.04. The van der Waals surface area contributed by atoms with Crippen LogP contribution in [0.5, 0.6) is 5.75 Å². The van der Waals surface area contributed by atoms with E-state index in [0.29, 0.717) is 17.9 Å². The van der Waals surface area contributed by atoms with Crippen LogP contribution in [0.4, 0.5) is 0 Å². The molecule has 0 bridgehead atoms. The summed E-state index contributed by atoms with van der Waals surface area (Å²) in [5.74, 6) is -0.872. The van der Waals surface area contributed by atoms with Gasteiger partial charge in [-0.3, -0.25) is 9.59 Å². The maximum atomic E-state index is 11.8. The molecule has 1 atom stereocenters. The van der Waals surface area contributed by atoms with Gasteiger partial charge in [-0.2, -0.15) is 0 Å². The Bertz CT molecular complexity index is 445. The summed E-state index contributed by atoms with van der Waals surface area (Å²) < 4.78 is 5.49. The highest BCUT2D eigenvalue weighted by atomic mass is 16.5. The Labute approximate surface area is 112 Å². The van der Waals surface area contributed by atoms with E-state index in [4.69, 9.17) is 9.84 Å². The number of carbonyl (C=O) groups is 2. The van der Waals surface area contributed by atoms with Gasteiger partial charge < -0.3 is 15.2 Å². The van der Waals surface area contributed by atoms with Crippen molar-refractivity contribution in [3.05, 3.63) is 29.8 Å². The van der Waals surface area contributed by atoms with Crippen molar-refractivity contribution < 1.29 is 19.4 Å². The predicted octanol–water partition coefficient (Wildman–Crippen LogP) is 2.07. The van der Waals surface area contributed by atoms with Gasteiger partial charge >= 0.3 is 5.97 Å². The zero-order valence-electron chi connectivity index (χ0n) is 11.2. The number of amides is 1. The van der Waals surface area contributed by atoms with Gasteiger partial charge in [0.05, 0.1) is 6.61 Å². The monoisotopic (exact) mass is 265 g/mol. The number of carbonyl (C=O) groups excluding carboxylic acids is 1. The number of benzene rings is 1. The zero-order chi connectivity index (χ0) is 14.3. The van der Waals surface area contributed by atoms with Crippen LogP contribution in [0.3, 0.4) is 0 Å². The van der Waals surface area contributed by atoms with Crippen LogP contribution in [0.1, 0.15) is 37.0 Å². The highest BCUT2D eigenvalue weighted by Gasteiger charge is 2.15. The molecule has 0 saturated heterocycles. The molecule has 1 aromatic rings. The van der Waals surface area contributed by atoms with E-state index in [0.717, 1.165) is 12.8 Å². The average Bonchev–Trinajstić information content (AvgIpc) is 2.39. The number of aliphatic carboxylic acids is 1. The van der Waals surface area contributed by atoms with Crippen molar-refractivity contribution in [3.8, 4) is 5.75 Å². The lowest BCUT2D eigenvalue weighted by atomic mass is 10.2. The summed E-state index contributed by atoms with van der Waals surface area (Å²) in [6.07, 6.45) is 1.99. The standard InChI is InChI=1S/C14H19NO4/c1-3-4-8-19-12-7-5-6-11(9-12)13(16)15-10(2)14(17)18/h5-7,9-10H,3-4,8H2,1-2H3,(H,15,16)(H,17,18). The summed E-state index contributed by atoms with van der Waals surface area (Å²) in [6, 6.07) is 5.79. The van der Waals surface area contributed by atoms with Crippen molar-refractivity contribution in [3.63, 3.8) is 0 Å². The molecule has 0 aliphatic rings. The summed E-state index contributed by atoms with van der Waals surface area (Å²) in [7, 11) is 0. The molecular weight excluding hydrogens is 246 g/mol. The molecule has 2 N–H and O–H groups in total. The molecule has 1 aromatic carbocycles. The summed E-state index contributed by atoms with van der Waals surface area (Å²) in [6.45, 7) is 4.09. The van der Waals surface area contributed by atoms with Crippen LogP contribution in [0.2, 0.25) is 0 Å². The highest BCUT2D eigenvalue weighted by Crippen LogP contribution is 2.14. The SMILES string of the molecule is CCCCOc1cccc(C(=O)NC(C)C(=O)O)c1. The fraction of sp³-hybridized carbons (Fsp3) is 0.429. The molecule has 0 radical (unpaired) electrons. The van der Waals surface area contributed by atoms with E-state index in [2.05, 4.69) is 12.2 Å². The Kier molecular flexibility index (Phi) is 5.85. The summed E-state index contributed by atoms with van der Waals surface area (Å²) in [5.41, 5.74) is 0.391. The first-order chi connectivity index (χ1) is 9.04. The molecule has 0 fully saturated rings. The molecule has 0 heterocycles. The van der Waals surface area contributed by atoms with Crippen LogP contribution < -0.4 is 10.1 Å². The molecule has 1 amide bonds. The van der Waals surface area contributed by atoms with Crippen LogP contribution in [-0.4, -0.2) is 29.6 Å². The van der Waals surface area contributed by atoms with Crippen LogP contribution in [0.25, 0.3) is 0 Å². The van der Waals surface area contributed by atoms with E-state index in [-0.39, 0.29) is 0 Å². The van der Waals surface area contributed by atoms with E-state index >= 15 is 0 Å². The second-order valence-electron chi connectivity index (χ2n) is 4.26. The van der Waals surface area contributed by atoms with Gasteiger partial charge in [0.25, 0.3) is 5.91 Å². The van der Waals surface area contributed by atoms with Crippen LogP contribution >= 0.6 is 0 Å². The van der Waals surface area contributed by atoms with Gasteiger partial charge in [0.2, 0.25) is 0 Å². The van der Waals surface area contributed by atoms with Crippen molar-refractivity contribution in [2.45, 2.75) is 32.7 Å². The lowest BCUT2D eigenvalue weighted by Crippen LogP contribution is -2.38. The minimum absolute atomic E-state index is 0.391. The molecule has 0 spiro atoms. The number of hydrogen-bond acceptors (Lipinski definition) is 3. The topological polar surface area (TPSA) is 75.6 Å². The second kappa shape index (κ2) is 7.41. The molecular formula is C14H19NO4. The van der Waals surface area contributed by atoms with Crippen molar-refractivity contribution in [2.24, 2.45) is 0 Å². The Balaban J connectivity index is 2.65. The van der Waals surface area contributed by atoms with E-state index in [1.165, 1.54) is 6.92 Å². The van der Waals surface area contributed by atoms with E-state index in [1.54, 1.807) is 24.3 Å². The third-order valence-corrected chi connectivity index (χ3v) is 2.58. The van der Waals surface area contributed by atoms with Gasteiger partial charge in [-0.25, -0.2) is 0 Å². The molecule has 0 aliphatic carbocycles. The molecule has 0 aromatic heterocycles. The number of carboxylic acids is 1. The Morgan fingerprint density at radius 3 is 2.79 bits per heavy atom. The highest BCUT2D eigenvalue weighted by molar-refractivity contribution is 5.96. The lowest BCUT2D eigenvalue weighted by Gasteiger charge is -2.10.